The lowest BCUT2D eigenvalue weighted by atomic mass is 10.0. The molecular formula is C15H22O3. The summed E-state index contributed by atoms with van der Waals surface area (Å²) in [6.45, 7) is 6.31. The maximum absolute atomic E-state index is 5.81. The lowest BCUT2D eigenvalue weighted by Crippen LogP contribution is -2.29. The van der Waals surface area contributed by atoms with Crippen molar-refractivity contribution in [3.8, 4) is 11.5 Å². The summed E-state index contributed by atoms with van der Waals surface area (Å²) in [6, 6.07) is 7.79. The first-order chi connectivity index (χ1) is 8.79. The molecule has 2 unspecified atom stereocenters. The summed E-state index contributed by atoms with van der Waals surface area (Å²) in [7, 11) is 0. The molecule has 0 amide bonds. The minimum atomic E-state index is 0.218. The summed E-state index contributed by atoms with van der Waals surface area (Å²) >= 11 is 0. The molecular weight excluding hydrogens is 228 g/mol. The Bertz CT molecular complexity index is 357. The summed E-state index contributed by atoms with van der Waals surface area (Å²) < 4.78 is 17.1. The first-order valence-corrected chi connectivity index (χ1v) is 6.75. The third-order valence-electron chi connectivity index (χ3n) is 3.17. The highest BCUT2D eigenvalue weighted by molar-refractivity contribution is 5.39. The van der Waals surface area contributed by atoms with Gasteiger partial charge in [0, 0.05) is 6.61 Å². The van der Waals surface area contributed by atoms with Gasteiger partial charge in [0.25, 0.3) is 0 Å². The van der Waals surface area contributed by atoms with Gasteiger partial charge in [0.15, 0.2) is 11.5 Å². The molecule has 1 aliphatic heterocycles. The Kier molecular flexibility index (Phi) is 4.88. The van der Waals surface area contributed by atoms with E-state index in [1.807, 2.05) is 31.2 Å². The monoisotopic (exact) mass is 250 g/mol. The van der Waals surface area contributed by atoms with Crippen LogP contribution in [0.5, 0.6) is 11.5 Å². The first-order valence-electron chi connectivity index (χ1n) is 6.75. The van der Waals surface area contributed by atoms with E-state index >= 15 is 0 Å². The van der Waals surface area contributed by atoms with Crippen molar-refractivity contribution < 1.29 is 14.2 Å². The van der Waals surface area contributed by atoms with Gasteiger partial charge in [-0.05, 0) is 37.8 Å². The minimum Gasteiger partial charge on any atom is -0.490 e. The van der Waals surface area contributed by atoms with Gasteiger partial charge in [0.1, 0.15) is 6.61 Å². The molecule has 1 aromatic carbocycles. The maximum atomic E-state index is 5.81. The molecule has 1 fully saturated rings. The van der Waals surface area contributed by atoms with Gasteiger partial charge in [0.2, 0.25) is 0 Å². The van der Waals surface area contributed by atoms with Gasteiger partial charge in [-0.25, -0.2) is 0 Å². The predicted octanol–water partition coefficient (Wildman–Crippen LogP) is 3.28. The van der Waals surface area contributed by atoms with Gasteiger partial charge in [-0.3, -0.25) is 0 Å². The molecule has 0 radical (unpaired) electrons. The zero-order valence-corrected chi connectivity index (χ0v) is 11.2. The van der Waals surface area contributed by atoms with Crippen molar-refractivity contribution >= 4 is 0 Å². The quantitative estimate of drug-likeness (QED) is 0.802. The molecule has 0 spiro atoms. The molecule has 0 saturated carbocycles. The minimum absolute atomic E-state index is 0.218. The van der Waals surface area contributed by atoms with Gasteiger partial charge in [0.05, 0.1) is 12.7 Å². The van der Waals surface area contributed by atoms with Crippen LogP contribution in [0.25, 0.3) is 0 Å². The molecule has 1 heterocycles. The molecule has 3 nitrogen and oxygen atoms in total. The average molecular weight is 250 g/mol. The number of benzene rings is 1. The second kappa shape index (κ2) is 6.64. The Morgan fingerprint density at radius 1 is 1.17 bits per heavy atom. The molecule has 0 aliphatic carbocycles. The van der Waals surface area contributed by atoms with Crippen LogP contribution in [0.1, 0.15) is 26.7 Å². The molecule has 1 saturated heterocycles. The van der Waals surface area contributed by atoms with E-state index in [-0.39, 0.29) is 6.10 Å². The van der Waals surface area contributed by atoms with Crippen molar-refractivity contribution in [3.05, 3.63) is 24.3 Å². The van der Waals surface area contributed by atoms with E-state index in [1.54, 1.807) is 0 Å². The Hall–Kier alpha value is -1.22. The van der Waals surface area contributed by atoms with E-state index in [0.717, 1.165) is 24.5 Å². The molecule has 1 aromatic rings. The third-order valence-corrected chi connectivity index (χ3v) is 3.17. The Morgan fingerprint density at radius 2 is 1.89 bits per heavy atom. The summed E-state index contributed by atoms with van der Waals surface area (Å²) in [6.07, 6.45) is 2.52. The van der Waals surface area contributed by atoms with Gasteiger partial charge < -0.3 is 14.2 Å². The summed E-state index contributed by atoms with van der Waals surface area (Å²) in [5.41, 5.74) is 0. The Balaban J connectivity index is 1.86. The van der Waals surface area contributed by atoms with Crippen molar-refractivity contribution in [1.82, 2.24) is 0 Å². The molecule has 0 N–H and O–H groups in total. The van der Waals surface area contributed by atoms with Crippen LogP contribution < -0.4 is 9.47 Å². The number of hydrogen-bond donors (Lipinski definition) is 0. The molecule has 3 heteroatoms. The molecule has 18 heavy (non-hydrogen) atoms. The van der Waals surface area contributed by atoms with Crippen LogP contribution in [0.4, 0.5) is 0 Å². The lowest BCUT2D eigenvalue weighted by Gasteiger charge is -2.27. The average Bonchev–Trinajstić information content (AvgIpc) is 2.40. The van der Waals surface area contributed by atoms with Gasteiger partial charge in [-0.1, -0.05) is 19.1 Å². The fourth-order valence-corrected chi connectivity index (χ4v) is 2.10. The van der Waals surface area contributed by atoms with E-state index in [1.165, 1.54) is 6.42 Å². The highest BCUT2D eigenvalue weighted by Crippen LogP contribution is 2.27. The fraction of sp³-hybridized carbons (Fsp3) is 0.600. The van der Waals surface area contributed by atoms with Crippen LogP contribution in [0.15, 0.2) is 24.3 Å². The third kappa shape index (κ3) is 3.64. The molecule has 100 valence electrons. The van der Waals surface area contributed by atoms with Crippen LogP contribution in [0, 0.1) is 5.92 Å². The summed E-state index contributed by atoms with van der Waals surface area (Å²) in [5, 5.41) is 0. The molecule has 0 aromatic heterocycles. The van der Waals surface area contributed by atoms with Gasteiger partial charge in [-0.15, -0.1) is 0 Å². The van der Waals surface area contributed by atoms with Crippen molar-refractivity contribution in [1.29, 1.82) is 0 Å². The zero-order chi connectivity index (χ0) is 12.8. The van der Waals surface area contributed by atoms with Crippen LogP contribution in [-0.2, 0) is 4.74 Å². The molecule has 2 rings (SSSR count). The largest absolute Gasteiger partial charge is 0.490 e. The number of hydrogen-bond acceptors (Lipinski definition) is 3. The standard InChI is InChI=1S/C15H22O3/c1-3-16-14-6-4-5-7-15(14)18-11-13-9-8-12(2)10-17-13/h4-7,12-13H,3,8-11H2,1-2H3. The number of para-hydroxylation sites is 2. The van der Waals surface area contributed by atoms with E-state index < -0.39 is 0 Å². The van der Waals surface area contributed by atoms with Crippen molar-refractivity contribution in [2.45, 2.75) is 32.8 Å². The summed E-state index contributed by atoms with van der Waals surface area (Å²) in [4.78, 5) is 0. The van der Waals surface area contributed by atoms with Gasteiger partial charge in [-0.2, -0.15) is 0 Å². The van der Waals surface area contributed by atoms with Crippen molar-refractivity contribution in [2.75, 3.05) is 19.8 Å². The molecule has 2 atom stereocenters. The van der Waals surface area contributed by atoms with Crippen molar-refractivity contribution in [3.63, 3.8) is 0 Å². The Morgan fingerprint density at radius 3 is 2.50 bits per heavy atom. The van der Waals surface area contributed by atoms with Crippen molar-refractivity contribution in [2.24, 2.45) is 5.92 Å². The molecule has 0 bridgehead atoms. The van der Waals surface area contributed by atoms with Crippen LogP contribution in [0.2, 0.25) is 0 Å². The first kappa shape index (κ1) is 13.2. The fourth-order valence-electron chi connectivity index (χ4n) is 2.10. The highest BCUT2D eigenvalue weighted by Gasteiger charge is 2.19. The second-order valence-corrected chi connectivity index (χ2v) is 4.83. The maximum Gasteiger partial charge on any atom is 0.161 e. The van der Waals surface area contributed by atoms with E-state index in [0.29, 0.717) is 19.1 Å². The van der Waals surface area contributed by atoms with Gasteiger partial charge >= 0.3 is 0 Å². The van der Waals surface area contributed by atoms with Crippen LogP contribution in [0.3, 0.4) is 0 Å². The van der Waals surface area contributed by atoms with E-state index in [2.05, 4.69) is 6.92 Å². The molecule has 1 aliphatic rings. The number of rotatable bonds is 5. The topological polar surface area (TPSA) is 27.7 Å². The smallest absolute Gasteiger partial charge is 0.161 e. The Labute approximate surface area is 109 Å². The highest BCUT2D eigenvalue weighted by atomic mass is 16.5. The normalized spacial score (nSPS) is 23.7. The second-order valence-electron chi connectivity index (χ2n) is 4.83. The van der Waals surface area contributed by atoms with Crippen LogP contribution in [-0.4, -0.2) is 25.9 Å². The summed E-state index contributed by atoms with van der Waals surface area (Å²) in [5.74, 6) is 2.29. The van der Waals surface area contributed by atoms with E-state index in [9.17, 15) is 0 Å². The SMILES string of the molecule is CCOc1ccccc1OCC1CCC(C)CO1. The zero-order valence-electron chi connectivity index (χ0n) is 11.2. The lowest BCUT2D eigenvalue weighted by molar-refractivity contribution is -0.0337. The van der Waals surface area contributed by atoms with E-state index in [4.69, 9.17) is 14.2 Å². The van der Waals surface area contributed by atoms with Crippen LogP contribution >= 0.6 is 0 Å². The number of ether oxygens (including phenoxy) is 3. The predicted molar refractivity (Wildman–Crippen MR) is 71.2 cm³/mol.